The van der Waals surface area contributed by atoms with E-state index in [0.29, 0.717) is 30.7 Å². The van der Waals surface area contributed by atoms with Gasteiger partial charge in [-0.25, -0.2) is 0 Å². The van der Waals surface area contributed by atoms with Gasteiger partial charge in [0.15, 0.2) is 0 Å². The first-order valence-corrected chi connectivity index (χ1v) is 8.67. The van der Waals surface area contributed by atoms with Gasteiger partial charge in [-0.15, -0.1) is 0 Å². The molecule has 5 nitrogen and oxygen atoms in total. The zero-order chi connectivity index (χ0) is 16.9. The maximum atomic E-state index is 12.5. The molecule has 0 bridgehead atoms. The van der Waals surface area contributed by atoms with E-state index in [1.807, 2.05) is 30.3 Å². The molecule has 0 saturated carbocycles. The minimum atomic E-state index is -0.0385. The highest BCUT2D eigenvalue weighted by Gasteiger charge is 2.25. The minimum Gasteiger partial charge on any atom is -0.488 e. The van der Waals surface area contributed by atoms with E-state index in [2.05, 4.69) is 24.1 Å². The summed E-state index contributed by atoms with van der Waals surface area (Å²) in [6.07, 6.45) is 1.92. The van der Waals surface area contributed by atoms with E-state index >= 15 is 0 Å². The van der Waals surface area contributed by atoms with Crippen molar-refractivity contribution >= 4 is 12.0 Å². The van der Waals surface area contributed by atoms with Gasteiger partial charge in [-0.2, -0.15) is 0 Å². The van der Waals surface area contributed by atoms with Crippen LogP contribution in [-0.4, -0.2) is 56.3 Å². The zero-order valence-electron chi connectivity index (χ0n) is 14.5. The highest BCUT2D eigenvalue weighted by molar-refractivity contribution is 5.99. The Bertz CT molecular complexity index is 606. The second-order valence-corrected chi connectivity index (χ2v) is 6.67. The molecule has 0 aliphatic carbocycles. The topological polar surface area (TPSA) is 50.8 Å². The van der Waals surface area contributed by atoms with Gasteiger partial charge in [-0.3, -0.25) is 9.69 Å². The van der Waals surface area contributed by atoms with Crippen molar-refractivity contribution in [1.82, 2.24) is 10.2 Å². The second-order valence-electron chi connectivity index (χ2n) is 6.67. The molecule has 1 fully saturated rings. The normalized spacial score (nSPS) is 19.2. The van der Waals surface area contributed by atoms with Crippen molar-refractivity contribution in [3.05, 3.63) is 35.4 Å². The number of carbonyl (C=O) groups excluding carboxylic acids is 1. The van der Waals surface area contributed by atoms with E-state index in [1.54, 1.807) is 0 Å². The second kappa shape index (κ2) is 7.81. The zero-order valence-corrected chi connectivity index (χ0v) is 14.5. The van der Waals surface area contributed by atoms with Gasteiger partial charge in [-0.05, 0) is 18.1 Å². The molecule has 1 N–H and O–H groups in total. The van der Waals surface area contributed by atoms with Crippen LogP contribution in [0.1, 0.15) is 19.4 Å². The number of para-hydroxylation sites is 1. The smallest absolute Gasteiger partial charge is 0.250 e. The lowest BCUT2D eigenvalue weighted by Gasteiger charge is -2.37. The van der Waals surface area contributed by atoms with Crippen LogP contribution in [0.4, 0.5) is 0 Å². The number of nitrogens with one attached hydrogen (secondary N) is 1. The SMILES string of the molecule is CC(C)C(CNC(=O)C1=Cc2ccccc2OC1)N1CCOCC1. The van der Waals surface area contributed by atoms with Crippen molar-refractivity contribution in [2.75, 3.05) is 39.5 Å². The van der Waals surface area contributed by atoms with Crippen molar-refractivity contribution in [1.29, 1.82) is 0 Å². The highest BCUT2D eigenvalue weighted by atomic mass is 16.5. The first kappa shape index (κ1) is 17.0. The van der Waals surface area contributed by atoms with Crippen LogP contribution in [0.25, 0.3) is 6.08 Å². The molecule has 1 unspecified atom stereocenters. The number of amides is 1. The Kier molecular flexibility index (Phi) is 5.53. The lowest BCUT2D eigenvalue weighted by molar-refractivity contribution is -0.118. The van der Waals surface area contributed by atoms with Gasteiger partial charge in [0.1, 0.15) is 12.4 Å². The Morgan fingerprint density at radius 1 is 1.25 bits per heavy atom. The first-order valence-electron chi connectivity index (χ1n) is 8.67. The van der Waals surface area contributed by atoms with Crippen LogP contribution in [0.5, 0.6) is 5.75 Å². The van der Waals surface area contributed by atoms with Crippen LogP contribution in [-0.2, 0) is 9.53 Å². The number of rotatable bonds is 5. The van der Waals surface area contributed by atoms with Crippen molar-refractivity contribution in [3.63, 3.8) is 0 Å². The van der Waals surface area contributed by atoms with Crippen LogP contribution < -0.4 is 10.1 Å². The Labute approximate surface area is 143 Å². The van der Waals surface area contributed by atoms with Crippen LogP contribution in [0.15, 0.2) is 29.8 Å². The average molecular weight is 330 g/mol. The summed E-state index contributed by atoms with van der Waals surface area (Å²) < 4.78 is 11.1. The van der Waals surface area contributed by atoms with Crippen LogP contribution in [0.2, 0.25) is 0 Å². The molecule has 1 saturated heterocycles. The van der Waals surface area contributed by atoms with Crippen LogP contribution in [0.3, 0.4) is 0 Å². The molecular weight excluding hydrogens is 304 g/mol. The lowest BCUT2D eigenvalue weighted by atomic mass is 10.0. The van der Waals surface area contributed by atoms with Crippen molar-refractivity contribution < 1.29 is 14.3 Å². The fourth-order valence-electron chi connectivity index (χ4n) is 3.25. The molecule has 0 aromatic heterocycles. The van der Waals surface area contributed by atoms with E-state index in [1.165, 1.54) is 0 Å². The number of carbonyl (C=O) groups is 1. The van der Waals surface area contributed by atoms with Gasteiger partial charge < -0.3 is 14.8 Å². The molecule has 5 heteroatoms. The molecule has 24 heavy (non-hydrogen) atoms. The first-order chi connectivity index (χ1) is 11.6. The van der Waals surface area contributed by atoms with Crippen LogP contribution in [0, 0.1) is 5.92 Å². The summed E-state index contributed by atoms with van der Waals surface area (Å²) in [6.45, 7) is 8.77. The summed E-state index contributed by atoms with van der Waals surface area (Å²) in [5, 5.41) is 3.09. The quantitative estimate of drug-likeness (QED) is 0.896. The van der Waals surface area contributed by atoms with E-state index < -0.39 is 0 Å². The number of morpholine rings is 1. The van der Waals surface area contributed by atoms with Gasteiger partial charge in [-0.1, -0.05) is 32.0 Å². The molecule has 1 aromatic carbocycles. The van der Waals surface area contributed by atoms with Gasteiger partial charge in [0.25, 0.3) is 5.91 Å². The van der Waals surface area contributed by atoms with Gasteiger partial charge in [0, 0.05) is 31.2 Å². The maximum Gasteiger partial charge on any atom is 0.250 e. The molecule has 3 rings (SSSR count). The van der Waals surface area contributed by atoms with Crippen molar-refractivity contribution in [2.24, 2.45) is 5.92 Å². The summed E-state index contributed by atoms with van der Waals surface area (Å²) in [4.78, 5) is 14.9. The third kappa shape index (κ3) is 3.97. The minimum absolute atomic E-state index is 0.0385. The molecule has 0 spiro atoms. The van der Waals surface area contributed by atoms with Gasteiger partial charge >= 0.3 is 0 Å². The monoisotopic (exact) mass is 330 g/mol. The average Bonchev–Trinajstić information content (AvgIpc) is 2.62. The molecule has 130 valence electrons. The summed E-state index contributed by atoms with van der Waals surface area (Å²) in [7, 11) is 0. The van der Waals surface area contributed by atoms with Crippen molar-refractivity contribution in [3.8, 4) is 5.75 Å². The lowest BCUT2D eigenvalue weighted by Crippen LogP contribution is -2.51. The van der Waals surface area contributed by atoms with Crippen LogP contribution >= 0.6 is 0 Å². The molecule has 1 atom stereocenters. The number of hydrogen-bond donors (Lipinski definition) is 1. The molecule has 1 amide bonds. The number of fused-ring (bicyclic) bond motifs is 1. The fraction of sp³-hybridized carbons (Fsp3) is 0.526. The number of ether oxygens (including phenoxy) is 2. The third-order valence-corrected chi connectivity index (χ3v) is 4.68. The molecular formula is C19H26N2O3. The Hall–Kier alpha value is -1.85. The Morgan fingerprint density at radius 2 is 2.00 bits per heavy atom. The van der Waals surface area contributed by atoms with E-state index in [9.17, 15) is 4.79 Å². The predicted octanol–water partition coefficient (Wildman–Crippen LogP) is 1.94. The fourth-order valence-corrected chi connectivity index (χ4v) is 3.25. The number of hydrogen-bond acceptors (Lipinski definition) is 4. The standard InChI is InChI=1S/C19H26N2O3/c1-14(2)17(21-7-9-23-10-8-21)12-20-19(22)16-11-15-5-3-4-6-18(15)24-13-16/h3-6,11,14,17H,7-10,12-13H2,1-2H3,(H,20,22). The van der Waals surface area contributed by atoms with Gasteiger partial charge in [0.05, 0.1) is 18.8 Å². The summed E-state index contributed by atoms with van der Waals surface area (Å²) in [5.74, 6) is 1.27. The van der Waals surface area contributed by atoms with Crippen molar-refractivity contribution in [2.45, 2.75) is 19.9 Å². The molecule has 1 aromatic rings. The number of benzene rings is 1. The van der Waals surface area contributed by atoms with E-state index in [4.69, 9.17) is 9.47 Å². The molecule has 2 heterocycles. The molecule has 2 aliphatic heterocycles. The summed E-state index contributed by atoms with van der Waals surface area (Å²) >= 11 is 0. The maximum absolute atomic E-state index is 12.5. The van der Waals surface area contributed by atoms with Gasteiger partial charge in [0.2, 0.25) is 0 Å². The third-order valence-electron chi connectivity index (χ3n) is 4.68. The Balaban J connectivity index is 1.61. The molecule has 2 aliphatic rings. The summed E-state index contributed by atoms with van der Waals surface area (Å²) in [6, 6.07) is 8.11. The Morgan fingerprint density at radius 3 is 2.75 bits per heavy atom. The molecule has 0 radical (unpaired) electrons. The predicted molar refractivity (Wildman–Crippen MR) is 93.9 cm³/mol. The van der Waals surface area contributed by atoms with E-state index in [0.717, 1.165) is 37.6 Å². The highest BCUT2D eigenvalue weighted by Crippen LogP contribution is 2.25. The largest absolute Gasteiger partial charge is 0.488 e. The summed E-state index contributed by atoms with van der Waals surface area (Å²) in [5.41, 5.74) is 1.64. The van der Waals surface area contributed by atoms with E-state index in [-0.39, 0.29) is 5.91 Å². The number of nitrogens with zero attached hydrogens (tertiary/aromatic N) is 1.